The molecule has 0 bridgehead atoms. The highest BCUT2D eigenvalue weighted by molar-refractivity contribution is 7.92. The molecule has 0 saturated carbocycles. The fourth-order valence-corrected chi connectivity index (χ4v) is 5.48. The van der Waals surface area contributed by atoms with Gasteiger partial charge in [0.05, 0.1) is 48.7 Å². The molecule has 3 N–H and O–H groups in total. The Morgan fingerprint density at radius 1 is 1.21 bits per heavy atom. The molecule has 1 amide bonds. The molecule has 4 aromatic rings. The number of primary amides is 1. The van der Waals surface area contributed by atoms with Gasteiger partial charge >= 0.3 is 0 Å². The monoisotopic (exact) mass is 549 g/mol. The van der Waals surface area contributed by atoms with Crippen LogP contribution in [0.1, 0.15) is 17.9 Å². The Morgan fingerprint density at radius 2 is 2.00 bits per heavy atom. The molecule has 5 rings (SSSR count). The van der Waals surface area contributed by atoms with Crippen LogP contribution in [-0.4, -0.2) is 73.9 Å². The number of aromatic nitrogens is 3. The van der Waals surface area contributed by atoms with Gasteiger partial charge in [-0.15, -0.1) is 5.10 Å². The molecule has 0 spiro atoms. The second-order valence-electron chi connectivity index (χ2n) is 9.66. The van der Waals surface area contributed by atoms with E-state index >= 15 is 0 Å². The van der Waals surface area contributed by atoms with Crippen molar-refractivity contribution in [3.05, 3.63) is 66.4 Å². The van der Waals surface area contributed by atoms with Crippen LogP contribution < -0.4 is 20.1 Å². The van der Waals surface area contributed by atoms with Crippen LogP contribution in [0.2, 0.25) is 0 Å². The molecule has 1 saturated heterocycles. The number of benzene rings is 2. The van der Waals surface area contributed by atoms with E-state index in [-0.39, 0.29) is 18.4 Å². The van der Waals surface area contributed by atoms with Crippen molar-refractivity contribution < 1.29 is 17.9 Å². The van der Waals surface area contributed by atoms with Crippen molar-refractivity contribution in [3.8, 4) is 17.0 Å². The van der Waals surface area contributed by atoms with E-state index in [1.165, 1.54) is 17.6 Å². The molecule has 0 aliphatic carbocycles. The molecular weight excluding hydrogens is 518 g/mol. The third kappa shape index (κ3) is 5.52. The van der Waals surface area contributed by atoms with Crippen molar-refractivity contribution in [2.24, 2.45) is 5.73 Å². The summed E-state index contributed by atoms with van der Waals surface area (Å²) in [6.45, 7) is 1.86. The third-order valence-corrected chi connectivity index (χ3v) is 8.20. The number of likely N-dealkylation sites (tertiary alicyclic amines) is 1. The number of amides is 1. The number of rotatable bonds is 9. The van der Waals surface area contributed by atoms with Gasteiger partial charge in [-0.1, -0.05) is 24.3 Å². The van der Waals surface area contributed by atoms with Crippen molar-refractivity contribution in [1.29, 1.82) is 0 Å². The van der Waals surface area contributed by atoms with Crippen molar-refractivity contribution in [2.45, 2.75) is 12.3 Å². The van der Waals surface area contributed by atoms with Crippen LogP contribution in [0, 0.1) is 0 Å². The van der Waals surface area contributed by atoms with E-state index < -0.39 is 10.0 Å². The third-order valence-electron chi connectivity index (χ3n) is 7.01. The van der Waals surface area contributed by atoms with Gasteiger partial charge in [0, 0.05) is 19.2 Å². The highest BCUT2D eigenvalue weighted by atomic mass is 32.2. The Hall–Kier alpha value is -4.16. The van der Waals surface area contributed by atoms with Crippen LogP contribution in [0.3, 0.4) is 0 Å². The number of carbonyl (C=O) groups is 1. The Balaban J connectivity index is 1.43. The summed E-state index contributed by atoms with van der Waals surface area (Å²) >= 11 is 0. The van der Waals surface area contributed by atoms with Crippen LogP contribution in [0.25, 0.3) is 16.8 Å². The Kier molecular flexibility index (Phi) is 7.15. The minimum atomic E-state index is -3.46. The molecule has 12 heteroatoms. The highest BCUT2D eigenvalue weighted by Crippen LogP contribution is 2.35. The number of nitrogens with zero attached hydrogens (tertiary/aromatic N) is 5. The number of sulfonamides is 1. The zero-order valence-corrected chi connectivity index (χ0v) is 22.9. The van der Waals surface area contributed by atoms with Crippen molar-refractivity contribution in [2.75, 3.05) is 49.7 Å². The van der Waals surface area contributed by atoms with Crippen molar-refractivity contribution in [3.63, 3.8) is 0 Å². The van der Waals surface area contributed by atoms with E-state index in [0.717, 1.165) is 41.8 Å². The van der Waals surface area contributed by atoms with Gasteiger partial charge in [-0.2, -0.15) is 0 Å². The summed E-state index contributed by atoms with van der Waals surface area (Å²) in [7, 11) is -0.313. The van der Waals surface area contributed by atoms with Crippen LogP contribution in [0.15, 0.2) is 60.8 Å². The molecule has 1 atom stereocenters. The van der Waals surface area contributed by atoms with Gasteiger partial charge in [0.25, 0.3) is 0 Å². The number of nitrogens with two attached hydrogens (primary N) is 1. The van der Waals surface area contributed by atoms with Crippen LogP contribution in [-0.2, 0) is 14.8 Å². The summed E-state index contributed by atoms with van der Waals surface area (Å²) in [5.41, 5.74) is 9.94. The number of hydrogen-bond acceptors (Lipinski definition) is 8. The van der Waals surface area contributed by atoms with Gasteiger partial charge in [-0.3, -0.25) is 14.0 Å². The smallest absolute Gasteiger partial charge is 0.245 e. The molecule has 39 heavy (non-hydrogen) atoms. The molecule has 0 radical (unpaired) electrons. The lowest BCUT2D eigenvalue weighted by atomic mass is 9.98. The van der Waals surface area contributed by atoms with E-state index in [1.807, 2.05) is 42.5 Å². The second-order valence-corrected chi connectivity index (χ2v) is 11.7. The van der Waals surface area contributed by atoms with E-state index in [9.17, 15) is 13.2 Å². The van der Waals surface area contributed by atoms with Crippen LogP contribution in [0.4, 0.5) is 17.3 Å². The lowest BCUT2D eigenvalue weighted by Gasteiger charge is -2.20. The summed E-state index contributed by atoms with van der Waals surface area (Å²) in [6.07, 6.45) is 3.82. The number of nitrogens with one attached hydrogen (secondary N) is 1. The van der Waals surface area contributed by atoms with E-state index in [4.69, 9.17) is 15.6 Å². The number of carbonyl (C=O) groups excluding carboxylic acids is 1. The molecule has 2 aromatic carbocycles. The van der Waals surface area contributed by atoms with E-state index in [1.54, 1.807) is 30.0 Å². The predicted molar refractivity (Wildman–Crippen MR) is 151 cm³/mol. The molecule has 11 nitrogen and oxygen atoms in total. The van der Waals surface area contributed by atoms with Gasteiger partial charge in [-0.25, -0.2) is 17.9 Å². The number of anilines is 3. The Bertz CT molecular complexity index is 1640. The quantitative estimate of drug-likeness (QED) is 0.325. The largest absolute Gasteiger partial charge is 0.495 e. The van der Waals surface area contributed by atoms with Gasteiger partial charge in [0.15, 0.2) is 0 Å². The number of ether oxygens (including phenoxy) is 1. The molecule has 1 fully saturated rings. The zero-order valence-electron chi connectivity index (χ0n) is 22.0. The molecule has 1 aliphatic heterocycles. The molecule has 204 valence electrons. The predicted octanol–water partition coefficient (Wildman–Crippen LogP) is 2.82. The topological polar surface area (TPSA) is 135 Å². The highest BCUT2D eigenvalue weighted by Gasteiger charge is 2.25. The maximum atomic E-state index is 12.3. The molecule has 3 heterocycles. The fraction of sp³-hybridized carbons (Fsp3) is 0.296. The summed E-state index contributed by atoms with van der Waals surface area (Å²) in [5.74, 6) is 0.972. The number of para-hydroxylation sites is 1. The molecule has 1 unspecified atom stereocenters. The minimum absolute atomic E-state index is 0.267. The Labute approximate surface area is 227 Å². The maximum absolute atomic E-state index is 12.3. The summed E-state index contributed by atoms with van der Waals surface area (Å²) in [4.78, 5) is 17.8. The zero-order chi connectivity index (χ0) is 27.7. The van der Waals surface area contributed by atoms with E-state index in [0.29, 0.717) is 23.1 Å². The first-order chi connectivity index (χ1) is 18.6. The van der Waals surface area contributed by atoms with Crippen LogP contribution >= 0.6 is 0 Å². The summed E-state index contributed by atoms with van der Waals surface area (Å²) < 4.78 is 33.2. The first kappa shape index (κ1) is 26.4. The first-order valence-electron chi connectivity index (χ1n) is 12.5. The lowest BCUT2D eigenvalue weighted by molar-refractivity contribution is -0.118. The average Bonchev–Trinajstić information content (AvgIpc) is 3.54. The Morgan fingerprint density at radius 3 is 2.74 bits per heavy atom. The van der Waals surface area contributed by atoms with Crippen molar-refractivity contribution in [1.82, 2.24) is 19.5 Å². The molecule has 1 aliphatic rings. The second kappa shape index (κ2) is 10.5. The average molecular weight is 550 g/mol. The number of fused-ring (bicyclic) bond motifs is 1. The van der Waals surface area contributed by atoms with Crippen molar-refractivity contribution >= 4 is 38.8 Å². The first-order valence-corrected chi connectivity index (χ1v) is 14.3. The SMILES string of the molecule is COc1cc(C2CCN(CC(N)=O)C2)ccc1Nc1ncc2ccc(-c3ccccc3N(C)S(C)(=O)=O)n2n1. The number of hydrogen-bond donors (Lipinski definition) is 2. The van der Waals surface area contributed by atoms with Gasteiger partial charge < -0.3 is 15.8 Å². The summed E-state index contributed by atoms with van der Waals surface area (Å²) in [6, 6.07) is 17.0. The number of methoxy groups -OCH3 is 1. The molecular formula is C27H31N7O4S. The minimum Gasteiger partial charge on any atom is -0.495 e. The molecule has 2 aromatic heterocycles. The normalized spacial score (nSPS) is 15.9. The fourth-order valence-electron chi connectivity index (χ4n) is 4.96. The van der Waals surface area contributed by atoms with E-state index in [2.05, 4.69) is 15.2 Å². The van der Waals surface area contributed by atoms with Gasteiger partial charge in [-0.05, 0) is 54.8 Å². The maximum Gasteiger partial charge on any atom is 0.245 e. The lowest BCUT2D eigenvalue weighted by Crippen LogP contribution is -2.31. The van der Waals surface area contributed by atoms with Crippen LogP contribution in [0.5, 0.6) is 5.75 Å². The standard InChI is InChI=1S/C27H31N7O4S/c1-32(39(3,36)37)23-7-5-4-6-21(23)24-11-9-20-15-29-27(31-34(20)24)30-22-10-8-18(14-25(22)38-2)19-12-13-33(16-19)17-26(28)35/h4-11,14-15,19H,12-13,16-17H2,1-3H3,(H2,28,35)(H,30,31). The summed E-state index contributed by atoms with van der Waals surface area (Å²) in [5, 5.41) is 7.96. The van der Waals surface area contributed by atoms with Gasteiger partial charge in [0.1, 0.15) is 5.75 Å². The van der Waals surface area contributed by atoms with Gasteiger partial charge in [0.2, 0.25) is 21.9 Å².